The van der Waals surface area contributed by atoms with Crippen molar-refractivity contribution in [2.75, 3.05) is 6.61 Å². The molecule has 2 amide bonds. The van der Waals surface area contributed by atoms with E-state index in [1.54, 1.807) is 12.1 Å². The van der Waals surface area contributed by atoms with Crippen LogP contribution < -0.4 is 0 Å². The van der Waals surface area contributed by atoms with Crippen molar-refractivity contribution < 1.29 is 33.9 Å². The zero-order valence-electron chi connectivity index (χ0n) is 12.6. The predicted molar refractivity (Wildman–Crippen MR) is 79.8 cm³/mol. The molecule has 2 rings (SSSR count). The lowest BCUT2D eigenvalue weighted by atomic mass is 10.1. The zero-order chi connectivity index (χ0) is 17.7. The summed E-state index contributed by atoms with van der Waals surface area (Å²) in [5.74, 6) is -3.51. The van der Waals surface area contributed by atoms with Crippen molar-refractivity contribution in [2.45, 2.75) is 18.9 Å². The molecule has 1 aliphatic heterocycles. The van der Waals surface area contributed by atoms with E-state index in [1.165, 1.54) is 18.2 Å². The maximum Gasteiger partial charge on any atom is 0.335 e. The summed E-state index contributed by atoms with van der Waals surface area (Å²) in [7, 11) is 0. The van der Waals surface area contributed by atoms with Gasteiger partial charge >= 0.3 is 11.9 Å². The number of carboxylic acid groups (broad SMARTS) is 1. The van der Waals surface area contributed by atoms with Crippen molar-refractivity contribution in [1.29, 1.82) is 0 Å². The van der Waals surface area contributed by atoms with Gasteiger partial charge < -0.3 is 9.84 Å². The number of nitrogens with zero attached hydrogens (tertiary/aromatic N) is 1. The smallest absolute Gasteiger partial charge is 0.335 e. The normalized spacial score (nSPS) is 14.2. The lowest BCUT2D eigenvalue weighted by Gasteiger charge is -2.19. The largest absolute Gasteiger partial charge is 0.479 e. The molecule has 0 spiro atoms. The van der Waals surface area contributed by atoms with Crippen LogP contribution in [-0.2, 0) is 19.2 Å². The number of rotatable bonds is 8. The van der Waals surface area contributed by atoms with Crippen LogP contribution in [0.5, 0.6) is 0 Å². The number of fused-ring (bicyclic) bond motifs is 1. The molecule has 1 aromatic carbocycles. The minimum absolute atomic E-state index is 0.00976. The van der Waals surface area contributed by atoms with Gasteiger partial charge in [0.05, 0.1) is 11.1 Å². The van der Waals surface area contributed by atoms with E-state index in [9.17, 15) is 19.2 Å². The molecule has 0 saturated heterocycles. The number of hydroxylamine groups is 2. The highest BCUT2D eigenvalue weighted by molar-refractivity contribution is 6.20. The molecule has 0 saturated carbocycles. The van der Waals surface area contributed by atoms with Gasteiger partial charge in [-0.1, -0.05) is 24.8 Å². The molecule has 0 bridgehead atoms. The minimum atomic E-state index is -1.54. The van der Waals surface area contributed by atoms with Gasteiger partial charge in [0.2, 0.25) is 0 Å². The average molecular weight is 333 g/mol. The summed E-state index contributed by atoms with van der Waals surface area (Å²) in [5, 5.41) is 9.58. The molecule has 1 atom stereocenters. The van der Waals surface area contributed by atoms with Gasteiger partial charge in [-0.2, -0.15) is 0 Å². The molecule has 126 valence electrons. The van der Waals surface area contributed by atoms with E-state index >= 15 is 0 Å². The van der Waals surface area contributed by atoms with Crippen LogP contribution in [0.1, 0.15) is 33.6 Å². The number of carboxylic acids is 1. The Morgan fingerprint density at radius 1 is 1.21 bits per heavy atom. The maximum absolute atomic E-state index is 12.1. The standard InChI is InChI=1S/C16H15NO7/c1-2-9-23-13(18)8-7-12(16(21)22)24-17-14(19)10-5-3-4-6-11(10)15(17)20/h2-6,12H,1,7-9H2,(H,21,22)/t12-/m0/s1. The summed E-state index contributed by atoms with van der Waals surface area (Å²) in [6.45, 7) is 3.39. The van der Waals surface area contributed by atoms with Crippen LogP contribution >= 0.6 is 0 Å². The number of amides is 2. The first-order chi connectivity index (χ1) is 11.5. The average Bonchev–Trinajstić information content (AvgIpc) is 2.81. The Kier molecular flexibility index (Phi) is 5.43. The first-order valence-electron chi connectivity index (χ1n) is 7.09. The van der Waals surface area contributed by atoms with Gasteiger partial charge in [0.25, 0.3) is 11.8 Å². The van der Waals surface area contributed by atoms with Crippen molar-refractivity contribution in [1.82, 2.24) is 5.06 Å². The summed E-state index contributed by atoms with van der Waals surface area (Å²) >= 11 is 0. The van der Waals surface area contributed by atoms with Crippen LogP contribution in [-0.4, -0.2) is 46.6 Å². The van der Waals surface area contributed by atoms with Crippen LogP contribution in [0, 0.1) is 0 Å². The maximum atomic E-state index is 12.1. The van der Waals surface area contributed by atoms with E-state index in [2.05, 4.69) is 6.58 Å². The lowest BCUT2D eigenvalue weighted by molar-refractivity contribution is -0.176. The topological polar surface area (TPSA) is 110 Å². The van der Waals surface area contributed by atoms with Crippen molar-refractivity contribution >= 4 is 23.8 Å². The van der Waals surface area contributed by atoms with Gasteiger partial charge in [-0.25, -0.2) is 9.63 Å². The number of carbonyl (C=O) groups excluding carboxylic acids is 3. The number of esters is 1. The molecular formula is C16H15NO7. The molecule has 0 aromatic heterocycles. The molecular weight excluding hydrogens is 318 g/mol. The van der Waals surface area contributed by atoms with Gasteiger partial charge in [-0.15, -0.1) is 5.06 Å². The summed E-state index contributed by atoms with van der Waals surface area (Å²) in [6.07, 6.45) is -0.655. The predicted octanol–water partition coefficient (Wildman–Crippen LogP) is 1.18. The first-order valence-corrected chi connectivity index (χ1v) is 7.09. The van der Waals surface area contributed by atoms with E-state index in [0.29, 0.717) is 5.06 Å². The molecule has 0 unspecified atom stereocenters. The van der Waals surface area contributed by atoms with Crippen LogP contribution in [0.4, 0.5) is 0 Å². The number of carbonyl (C=O) groups is 4. The second kappa shape index (κ2) is 7.51. The molecule has 24 heavy (non-hydrogen) atoms. The van der Waals surface area contributed by atoms with E-state index < -0.39 is 29.9 Å². The van der Waals surface area contributed by atoms with Crippen molar-refractivity contribution in [3.63, 3.8) is 0 Å². The molecule has 1 N–H and O–H groups in total. The fraction of sp³-hybridized carbons (Fsp3) is 0.250. The van der Waals surface area contributed by atoms with Crippen LogP contribution in [0.2, 0.25) is 0 Å². The highest BCUT2D eigenvalue weighted by atomic mass is 16.7. The number of hydrogen-bond donors (Lipinski definition) is 1. The SMILES string of the molecule is C=CCOC(=O)CC[C@H](ON1C(=O)c2ccccc2C1=O)C(=O)O. The number of aliphatic carboxylic acids is 1. The molecule has 0 aliphatic carbocycles. The Morgan fingerprint density at radius 3 is 2.29 bits per heavy atom. The summed E-state index contributed by atoms with van der Waals surface area (Å²) in [5.41, 5.74) is 0.272. The zero-order valence-corrected chi connectivity index (χ0v) is 12.6. The van der Waals surface area contributed by atoms with E-state index in [0.717, 1.165) is 0 Å². The van der Waals surface area contributed by atoms with E-state index in [1.807, 2.05) is 0 Å². The van der Waals surface area contributed by atoms with Gasteiger partial charge in [-0.3, -0.25) is 14.4 Å². The molecule has 1 aromatic rings. The fourth-order valence-corrected chi connectivity index (χ4v) is 2.08. The minimum Gasteiger partial charge on any atom is -0.479 e. The first kappa shape index (κ1) is 17.4. The van der Waals surface area contributed by atoms with Gasteiger partial charge in [0.15, 0.2) is 6.10 Å². The Morgan fingerprint density at radius 2 is 1.79 bits per heavy atom. The third-order valence-electron chi connectivity index (χ3n) is 3.24. The van der Waals surface area contributed by atoms with E-state index in [4.69, 9.17) is 14.7 Å². The van der Waals surface area contributed by atoms with Crippen LogP contribution in [0.15, 0.2) is 36.9 Å². The molecule has 8 nitrogen and oxygen atoms in total. The monoisotopic (exact) mass is 333 g/mol. The number of hydrogen-bond acceptors (Lipinski definition) is 6. The summed E-state index contributed by atoms with van der Waals surface area (Å²) in [4.78, 5) is 52.0. The van der Waals surface area contributed by atoms with Gasteiger partial charge in [-0.05, 0) is 18.6 Å². The summed E-state index contributed by atoms with van der Waals surface area (Å²) in [6, 6.07) is 6.05. The Bertz CT molecular complexity index is 662. The molecule has 0 fully saturated rings. The second-order valence-electron chi connectivity index (χ2n) is 4.89. The Balaban J connectivity index is 2.03. The van der Waals surface area contributed by atoms with Crippen molar-refractivity contribution in [2.24, 2.45) is 0 Å². The third-order valence-corrected chi connectivity index (χ3v) is 3.24. The van der Waals surface area contributed by atoms with Crippen molar-refractivity contribution in [3.05, 3.63) is 48.0 Å². The highest BCUT2D eigenvalue weighted by Gasteiger charge is 2.39. The molecule has 1 aliphatic rings. The van der Waals surface area contributed by atoms with Gasteiger partial charge in [0, 0.05) is 6.42 Å². The number of imide groups is 1. The fourth-order valence-electron chi connectivity index (χ4n) is 2.08. The quantitative estimate of drug-likeness (QED) is 0.432. The van der Waals surface area contributed by atoms with Crippen LogP contribution in [0.3, 0.4) is 0 Å². The number of benzene rings is 1. The third kappa shape index (κ3) is 3.66. The number of ether oxygens (including phenoxy) is 1. The lowest BCUT2D eigenvalue weighted by Crippen LogP contribution is -2.38. The van der Waals surface area contributed by atoms with E-state index in [-0.39, 0.29) is 30.6 Å². The Hall–Kier alpha value is -3.00. The molecule has 1 heterocycles. The highest BCUT2D eigenvalue weighted by Crippen LogP contribution is 2.24. The van der Waals surface area contributed by atoms with Crippen molar-refractivity contribution in [3.8, 4) is 0 Å². The van der Waals surface area contributed by atoms with Crippen LogP contribution in [0.25, 0.3) is 0 Å². The molecule has 8 heteroatoms. The summed E-state index contributed by atoms with van der Waals surface area (Å²) < 4.78 is 4.73. The Labute approximate surface area is 137 Å². The second-order valence-corrected chi connectivity index (χ2v) is 4.89. The molecule has 0 radical (unpaired) electrons. The van der Waals surface area contributed by atoms with Gasteiger partial charge in [0.1, 0.15) is 6.61 Å².